The molecule has 1 atom stereocenters. The Labute approximate surface area is 123 Å². The van der Waals surface area contributed by atoms with Crippen LogP contribution in [0.3, 0.4) is 0 Å². The highest BCUT2D eigenvalue weighted by Gasteiger charge is 2.19. The second-order valence-corrected chi connectivity index (χ2v) is 4.52. The molecule has 1 aromatic heterocycles. The molecule has 0 fully saturated rings. The third-order valence-corrected chi connectivity index (χ3v) is 2.99. The Bertz CT molecular complexity index is 590. The Morgan fingerprint density at radius 3 is 2.67 bits per heavy atom. The summed E-state index contributed by atoms with van der Waals surface area (Å²) >= 11 is 0. The van der Waals surface area contributed by atoms with Gasteiger partial charge in [-0.1, -0.05) is 19.1 Å². The van der Waals surface area contributed by atoms with Crippen LogP contribution >= 0.6 is 0 Å². The van der Waals surface area contributed by atoms with Gasteiger partial charge in [0.05, 0.1) is 0 Å². The monoisotopic (exact) mass is 288 g/mol. The third kappa shape index (κ3) is 4.27. The normalized spacial score (nSPS) is 11.7. The number of aromatic nitrogens is 1. The van der Waals surface area contributed by atoms with Gasteiger partial charge in [0, 0.05) is 18.9 Å². The molecular weight excluding hydrogens is 271 g/mol. The van der Waals surface area contributed by atoms with E-state index in [0.29, 0.717) is 13.0 Å². The Balaban J connectivity index is 1.94. The molecule has 0 saturated carbocycles. The third-order valence-electron chi connectivity index (χ3n) is 2.99. The quantitative estimate of drug-likeness (QED) is 0.889. The molecule has 0 bridgehead atoms. The number of amides is 1. The van der Waals surface area contributed by atoms with Gasteiger partial charge in [0.15, 0.2) is 17.7 Å². The van der Waals surface area contributed by atoms with Crippen LogP contribution in [0.4, 0.5) is 4.39 Å². The summed E-state index contributed by atoms with van der Waals surface area (Å²) in [5, 5.41) is 2.78. The van der Waals surface area contributed by atoms with Crippen molar-refractivity contribution in [3.05, 3.63) is 60.2 Å². The van der Waals surface area contributed by atoms with E-state index in [1.165, 1.54) is 12.1 Å². The first kappa shape index (κ1) is 15.0. The van der Waals surface area contributed by atoms with E-state index in [1.54, 1.807) is 24.5 Å². The standard InChI is InChI=1S/C16H17FN2O2/c1-2-14(21-15-6-4-3-5-13(15)17)16(20)19-11-12-7-9-18-10-8-12/h3-10,14H,2,11H2,1H3,(H,19,20)/t14-/m1/s1. The van der Waals surface area contributed by atoms with Crippen LogP contribution in [0.25, 0.3) is 0 Å². The molecule has 0 aliphatic carbocycles. The van der Waals surface area contributed by atoms with Crippen molar-refractivity contribution in [2.24, 2.45) is 0 Å². The van der Waals surface area contributed by atoms with E-state index in [4.69, 9.17) is 4.74 Å². The summed E-state index contributed by atoms with van der Waals surface area (Å²) < 4.78 is 19.0. The highest BCUT2D eigenvalue weighted by atomic mass is 19.1. The first-order valence-electron chi connectivity index (χ1n) is 6.78. The molecule has 1 N–H and O–H groups in total. The Morgan fingerprint density at radius 2 is 2.00 bits per heavy atom. The molecule has 1 aromatic carbocycles. The fraction of sp³-hybridized carbons (Fsp3) is 0.250. The summed E-state index contributed by atoms with van der Waals surface area (Å²) in [6, 6.07) is 9.69. The number of ether oxygens (including phenoxy) is 1. The zero-order valence-electron chi connectivity index (χ0n) is 11.8. The molecule has 0 aliphatic rings. The van der Waals surface area contributed by atoms with Crippen LogP contribution in [0.1, 0.15) is 18.9 Å². The van der Waals surface area contributed by atoms with Crippen LogP contribution < -0.4 is 10.1 Å². The van der Waals surface area contributed by atoms with E-state index >= 15 is 0 Å². The van der Waals surface area contributed by atoms with Crippen molar-refractivity contribution < 1.29 is 13.9 Å². The number of pyridine rings is 1. The summed E-state index contributed by atoms with van der Waals surface area (Å²) in [7, 11) is 0. The number of hydrogen-bond acceptors (Lipinski definition) is 3. The van der Waals surface area contributed by atoms with Crippen LogP contribution in [0.2, 0.25) is 0 Å². The van der Waals surface area contributed by atoms with Crippen molar-refractivity contribution in [1.29, 1.82) is 0 Å². The fourth-order valence-electron chi connectivity index (χ4n) is 1.82. The number of benzene rings is 1. The van der Waals surface area contributed by atoms with Gasteiger partial charge in [-0.3, -0.25) is 9.78 Å². The smallest absolute Gasteiger partial charge is 0.261 e. The van der Waals surface area contributed by atoms with Gasteiger partial charge in [-0.2, -0.15) is 0 Å². The Morgan fingerprint density at radius 1 is 1.29 bits per heavy atom. The summed E-state index contributed by atoms with van der Waals surface area (Å²) in [4.78, 5) is 16.0. The molecule has 1 heterocycles. The van der Waals surface area contributed by atoms with Gasteiger partial charge < -0.3 is 10.1 Å². The van der Waals surface area contributed by atoms with Crippen molar-refractivity contribution in [2.45, 2.75) is 26.0 Å². The number of hydrogen-bond donors (Lipinski definition) is 1. The average molecular weight is 288 g/mol. The van der Waals surface area contributed by atoms with Crippen molar-refractivity contribution in [2.75, 3.05) is 0 Å². The highest BCUT2D eigenvalue weighted by molar-refractivity contribution is 5.81. The maximum absolute atomic E-state index is 13.5. The number of carbonyl (C=O) groups is 1. The van der Waals surface area contributed by atoms with E-state index in [-0.39, 0.29) is 11.7 Å². The molecule has 2 aromatic rings. The Kier molecular flexibility index (Phi) is 5.26. The van der Waals surface area contributed by atoms with Crippen molar-refractivity contribution in [1.82, 2.24) is 10.3 Å². The van der Waals surface area contributed by atoms with Crippen molar-refractivity contribution in [3.8, 4) is 5.75 Å². The van der Waals surface area contributed by atoms with Crippen LogP contribution in [0.15, 0.2) is 48.8 Å². The molecule has 0 radical (unpaired) electrons. The molecule has 0 unspecified atom stereocenters. The lowest BCUT2D eigenvalue weighted by Gasteiger charge is -2.17. The topological polar surface area (TPSA) is 51.2 Å². The molecule has 2 rings (SSSR count). The van der Waals surface area contributed by atoms with Crippen molar-refractivity contribution in [3.63, 3.8) is 0 Å². The van der Waals surface area contributed by atoms with Gasteiger partial charge in [-0.15, -0.1) is 0 Å². The fourth-order valence-corrected chi connectivity index (χ4v) is 1.82. The largest absolute Gasteiger partial charge is 0.478 e. The van der Waals surface area contributed by atoms with Gasteiger partial charge in [0.2, 0.25) is 0 Å². The highest BCUT2D eigenvalue weighted by Crippen LogP contribution is 2.18. The summed E-state index contributed by atoms with van der Waals surface area (Å²) in [5.41, 5.74) is 0.944. The predicted molar refractivity (Wildman–Crippen MR) is 77.2 cm³/mol. The average Bonchev–Trinajstić information content (AvgIpc) is 2.53. The number of halogens is 1. The van der Waals surface area contributed by atoms with Crippen LogP contribution in [0.5, 0.6) is 5.75 Å². The van der Waals surface area contributed by atoms with Crippen LogP contribution in [-0.2, 0) is 11.3 Å². The number of rotatable bonds is 6. The van der Waals surface area contributed by atoms with E-state index in [0.717, 1.165) is 5.56 Å². The summed E-state index contributed by atoms with van der Waals surface area (Å²) in [6.45, 7) is 2.20. The molecule has 21 heavy (non-hydrogen) atoms. The minimum atomic E-state index is -0.719. The SMILES string of the molecule is CC[C@@H](Oc1ccccc1F)C(=O)NCc1ccncc1. The summed E-state index contributed by atoms with van der Waals surface area (Å²) in [6.07, 6.45) is 3.06. The maximum Gasteiger partial charge on any atom is 0.261 e. The number of para-hydroxylation sites is 1. The van der Waals surface area contributed by atoms with E-state index in [9.17, 15) is 9.18 Å². The summed E-state index contributed by atoms with van der Waals surface area (Å²) in [5.74, 6) is -0.654. The van der Waals surface area contributed by atoms with E-state index in [2.05, 4.69) is 10.3 Å². The van der Waals surface area contributed by atoms with E-state index in [1.807, 2.05) is 19.1 Å². The lowest BCUT2D eigenvalue weighted by Crippen LogP contribution is -2.37. The number of nitrogens with one attached hydrogen (secondary N) is 1. The zero-order valence-corrected chi connectivity index (χ0v) is 11.8. The lowest BCUT2D eigenvalue weighted by atomic mass is 10.2. The minimum Gasteiger partial charge on any atom is -0.478 e. The van der Waals surface area contributed by atoms with Gasteiger partial charge in [-0.25, -0.2) is 4.39 Å². The van der Waals surface area contributed by atoms with Gasteiger partial charge in [-0.05, 0) is 36.2 Å². The molecule has 0 aliphatic heterocycles. The van der Waals surface area contributed by atoms with Gasteiger partial charge >= 0.3 is 0 Å². The van der Waals surface area contributed by atoms with Gasteiger partial charge in [0.1, 0.15) is 0 Å². The Hall–Kier alpha value is -2.43. The molecule has 0 spiro atoms. The predicted octanol–water partition coefficient (Wildman–Crippen LogP) is 2.69. The van der Waals surface area contributed by atoms with Crippen LogP contribution in [0, 0.1) is 5.82 Å². The second kappa shape index (κ2) is 7.38. The van der Waals surface area contributed by atoms with Crippen molar-refractivity contribution >= 4 is 5.91 Å². The maximum atomic E-state index is 13.5. The second-order valence-electron chi connectivity index (χ2n) is 4.52. The minimum absolute atomic E-state index is 0.0865. The molecule has 1 amide bonds. The first-order chi connectivity index (χ1) is 10.2. The molecule has 5 heteroatoms. The first-order valence-corrected chi connectivity index (χ1v) is 6.78. The van der Waals surface area contributed by atoms with Gasteiger partial charge in [0.25, 0.3) is 5.91 Å². The molecular formula is C16H17FN2O2. The molecule has 4 nitrogen and oxygen atoms in total. The lowest BCUT2D eigenvalue weighted by molar-refractivity contribution is -0.128. The number of carbonyl (C=O) groups excluding carboxylic acids is 1. The molecule has 0 saturated heterocycles. The zero-order chi connectivity index (χ0) is 15.1. The molecule has 110 valence electrons. The van der Waals surface area contributed by atoms with E-state index < -0.39 is 11.9 Å². The van der Waals surface area contributed by atoms with Crippen LogP contribution in [-0.4, -0.2) is 17.0 Å². The number of nitrogens with zero attached hydrogens (tertiary/aromatic N) is 1.